The van der Waals surface area contributed by atoms with Gasteiger partial charge in [-0.2, -0.15) is 13.2 Å². The molecule has 2 aromatic carbocycles. The Kier molecular flexibility index (Phi) is 4.71. The second-order valence-electron chi connectivity index (χ2n) is 4.80. The number of benzene rings is 2. The van der Waals surface area contributed by atoms with Gasteiger partial charge < -0.3 is 0 Å². The van der Waals surface area contributed by atoms with Gasteiger partial charge in [-0.15, -0.1) is 0 Å². The van der Waals surface area contributed by atoms with Crippen LogP contribution in [0.5, 0.6) is 0 Å². The fraction of sp³-hybridized carbons (Fsp3) is 0.250. The lowest BCUT2D eigenvalue weighted by Gasteiger charge is -2.16. The van der Waals surface area contributed by atoms with Crippen molar-refractivity contribution in [1.29, 1.82) is 0 Å². The van der Waals surface area contributed by atoms with Gasteiger partial charge >= 0.3 is 6.18 Å². The lowest BCUT2D eigenvalue weighted by Crippen LogP contribution is -2.11. The lowest BCUT2D eigenvalue weighted by molar-refractivity contribution is -0.140. The van der Waals surface area contributed by atoms with Gasteiger partial charge in [-0.1, -0.05) is 52.3 Å². The van der Waals surface area contributed by atoms with Crippen molar-refractivity contribution < 1.29 is 17.6 Å². The number of aryl methyl sites for hydroxylation is 1. The average molecular weight is 361 g/mol. The van der Waals surface area contributed by atoms with Gasteiger partial charge in [0.1, 0.15) is 5.82 Å². The molecule has 5 heteroatoms. The van der Waals surface area contributed by atoms with E-state index in [0.717, 1.165) is 17.2 Å². The summed E-state index contributed by atoms with van der Waals surface area (Å²) in [5.74, 6) is -1.21. The van der Waals surface area contributed by atoms with Crippen LogP contribution in [0.1, 0.15) is 27.1 Å². The molecule has 21 heavy (non-hydrogen) atoms. The average Bonchev–Trinajstić information content (AvgIpc) is 2.40. The molecule has 0 spiro atoms. The molecule has 0 amide bonds. The first-order chi connectivity index (χ1) is 9.80. The zero-order valence-corrected chi connectivity index (χ0v) is 12.8. The summed E-state index contributed by atoms with van der Waals surface area (Å²) in [5, 5.41) is 0. The fourth-order valence-electron chi connectivity index (χ4n) is 2.15. The minimum atomic E-state index is -4.69. The smallest absolute Gasteiger partial charge is 0.206 e. The highest BCUT2D eigenvalue weighted by Crippen LogP contribution is 2.37. The van der Waals surface area contributed by atoms with E-state index >= 15 is 0 Å². The first-order valence-corrected chi connectivity index (χ1v) is 7.26. The molecule has 2 rings (SSSR count). The Morgan fingerprint density at radius 3 is 2.33 bits per heavy atom. The first-order valence-electron chi connectivity index (χ1n) is 6.35. The third-order valence-electron chi connectivity index (χ3n) is 3.33. The number of hydrogen-bond donors (Lipinski definition) is 0. The second-order valence-corrected chi connectivity index (χ2v) is 5.91. The second kappa shape index (κ2) is 6.18. The van der Waals surface area contributed by atoms with E-state index in [4.69, 9.17) is 0 Å². The molecule has 0 fully saturated rings. The molecule has 0 aliphatic heterocycles. The Hall–Kier alpha value is -1.36. The van der Waals surface area contributed by atoms with E-state index in [-0.39, 0.29) is 5.56 Å². The van der Waals surface area contributed by atoms with Crippen molar-refractivity contribution in [3.63, 3.8) is 0 Å². The summed E-state index contributed by atoms with van der Waals surface area (Å²) in [5.41, 5.74) is 0.785. The summed E-state index contributed by atoms with van der Waals surface area (Å²) in [4.78, 5) is -0.513. The normalized spacial score (nSPS) is 13.2. The van der Waals surface area contributed by atoms with Gasteiger partial charge in [0, 0.05) is 10.4 Å². The third-order valence-corrected chi connectivity index (χ3v) is 4.15. The van der Waals surface area contributed by atoms with Crippen LogP contribution in [0.4, 0.5) is 17.6 Å². The van der Waals surface area contributed by atoms with Crippen LogP contribution in [0.3, 0.4) is 0 Å². The molecule has 0 saturated carbocycles. The van der Waals surface area contributed by atoms with E-state index in [0.29, 0.717) is 6.42 Å². The molecule has 0 bridgehead atoms. The summed E-state index contributed by atoms with van der Waals surface area (Å²) < 4.78 is 52.3. The van der Waals surface area contributed by atoms with Crippen molar-refractivity contribution >= 4 is 15.9 Å². The van der Waals surface area contributed by atoms with Crippen molar-refractivity contribution in [2.24, 2.45) is 0 Å². The number of alkyl halides is 4. The SMILES string of the molecule is Cc1ccccc1CC(Br)c1cccc(C(F)(F)F)c1F. The molecule has 0 saturated heterocycles. The quantitative estimate of drug-likeness (QED) is 0.477. The van der Waals surface area contributed by atoms with Crippen molar-refractivity contribution in [2.45, 2.75) is 24.3 Å². The zero-order valence-electron chi connectivity index (χ0n) is 11.2. The molecule has 0 radical (unpaired) electrons. The van der Waals surface area contributed by atoms with Crippen LogP contribution in [0, 0.1) is 12.7 Å². The molecule has 112 valence electrons. The Balaban J connectivity index is 2.32. The van der Waals surface area contributed by atoms with Crippen LogP contribution in [-0.2, 0) is 12.6 Å². The van der Waals surface area contributed by atoms with Crippen LogP contribution in [0.15, 0.2) is 42.5 Å². The Labute approximate surface area is 128 Å². The Bertz CT molecular complexity index is 634. The van der Waals surface area contributed by atoms with E-state index in [1.54, 1.807) is 0 Å². The monoisotopic (exact) mass is 360 g/mol. The molecule has 0 N–H and O–H groups in total. The van der Waals surface area contributed by atoms with Gasteiger partial charge in [-0.3, -0.25) is 0 Å². The summed E-state index contributed by atoms with van der Waals surface area (Å²) in [6.45, 7) is 1.91. The van der Waals surface area contributed by atoms with Gasteiger partial charge in [0.15, 0.2) is 0 Å². The van der Waals surface area contributed by atoms with E-state index in [1.807, 2.05) is 31.2 Å². The molecular weight excluding hydrogens is 348 g/mol. The minimum absolute atomic E-state index is 0.0214. The maximum Gasteiger partial charge on any atom is 0.419 e. The fourth-order valence-corrected chi connectivity index (χ4v) is 2.86. The number of halogens is 5. The molecule has 1 atom stereocenters. The van der Waals surface area contributed by atoms with Crippen molar-refractivity contribution in [3.05, 3.63) is 70.5 Å². The predicted molar refractivity (Wildman–Crippen MR) is 78.0 cm³/mol. The van der Waals surface area contributed by atoms with E-state index < -0.39 is 22.4 Å². The van der Waals surface area contributed by atoms with Gasteiger partial charge in [0.25, 0.3) is 0 Å². The van der Waals surface area contributed by atoms with Crippen LogP contribution < -0.4 is 0 Å². The molecule has 0 nitrogen and oxygen atoms in total. The van der Waals surface area contributed by atoms with Crippen molar-refractivity contribution in [3.8, 4) is 0 Å². The first kappa shape index (κ1) is 16.0. The highest BCUT2D eigenvalue weighted by atomic mass is 79.9. The maximum absolute atomic E-state index is 14.1. The number of rotatable bonds is 3. The zero-order chi connectivity index (χ0) is 15.6. The largest absolute Gasteiger partial charge is 0.419 e. The van der Waals surface area contributed by atoms with Crippen molar-refractivity contribution in [1.82, 2.24) is 0 Å². The highest BCUT2D eigenvalue weighted by molar-refractivity contribution is 9.09. The van der Waals surface area contributed by atoms with Gasteiger partial charge in [-0.05, 0) is 30.5 Å². The van der Waals surface area contributed by atoms with Crippen LogP contribution in [0.25, 0.3) is 0 Å². The van der Waals surface area contributed by atoms with E-state index in [9.17, 15) is 17.6 Å². The van der Waals surface area contributed by atoms with Gasteiger partial charge in [0.2, 0.25) is 0 Å². The van der Waals surface area contributed by atoms with Crippen LogP contribution >= 0.6 is 15.9 Å². The molecule has 0 aliphatic carbocycles. The minimum Gasteiger partial charge on any atom is -0.206 e. The molecule has 1 unspecified atom stereocenters. The summed E-state index contributed by atoms with van der Waals surface area (Å²) in [6.07, 6.45) is -4.26. The van der Waals surface area contributed by atoms with E-state index in [1.165, 1.54) is 12.1 Å². The summed E-state index contributed by atoms with van der Waals surface area (Å²) >= 11 is 3.30. The highest BCUT2D eigenvalue weighted by Gasteiger charge is 2.35. The molecule has 2 aromatic rings. The number of hydrogen-bond acceptors (Lipinski definition) is 0. The molecule has 0 aliphatic rings. The van der Waals surface area contributed by atoms with Crippen LogP contribution in [-0.4, -0.2) is 0 Å². The maximum atomic E-state index is 14.1. The molecule has 0 heterocycles. The topological polar surface area (TPSA) is 0 Å². The molecule has 0 aromatic heterocycles. The van der Waals surface area contributed by atoms with Gasteiger partial charge in [0.05, 0.1) is 5.56 Å². The van der Waals surface area contributed by atoms with Crippen LogP contribution in [0.2, 0.25) is 0 Å². The lowest BCUT2D eigenvalue weighted by atomic mass is 9.99. The van der Waals surface area contributed by atoms with E-state index in [2.05, 4.69) is 15.9 Å². The molecular formula is C16H13BrF4. The Morgan fingerprint density at radius 1 is 1.05 bits per heavy atom. The summed E-state index contributed by atoms with van der Waals surface area (Å²) in [6, 6.07) is 10.9. The van der Waals surface area contributed by atoms with Gasteiger partial charge in [-0.25, -0.2) is 4.39 Å². The van der Waals surface area contributed by atoms with Crippen molar-refractivity contribution in [2.75, 3.05) is 0 Å². The summed E-state index contributed by atoms with van der Waals surface area (Å²) in [7, 11) is 0. The standard InChI is InChI=1S/C16H13BrF4/c1-10-5-2-3-6-11(10)9-14(17)12-7-4-8-13(15(12)18)16(19,20)21/h2-8,14H,9H2,1H3. The third kappa shape index (κ3) is 3.64. The Morgan fingerprint density at radius 2 is 1.71 bits per heavy atom. The predicted octanol–water partition coefficient (Wildman–Crippen LogP) is 5.83.